The van der Waals surface area contributed by atoms with Gasteiger partial charge in [-0.05, 0) is 40.8 Å². The van der Waals surface area contributed by atoms with Crippen molar-refractivity contribution in [2.24, 2.45) is 0 Å². The Bertz CT molecular complexity index is 387. The fourth-order valence-electron chi connectivity index (χ4n) is 1.13. The quantitative estimate of drug-likeness (QED) is 0.607. The molecule has 0 aliphatic rings. The fourth-order valence-corrected chi connectivity index (χ4v) is 2.66. The minimum Gasteiger partial charge on any atom is -0.290 e. The van der Waals surface area contributed by atoms with Gasteiger partial charge in [-0.3, -0.25) is 9.00 Å². The zero-order valence-corrected chi connectivity index (χ0v) is 9.10. The van der Waals surface area contributed by atoms with Crippen LogP contribution < -0.4 is 0 Å². The van der Waals surface area contributed by atoms with Crippen LogP contribution in [-0.4, -0.2) is 16.1 Å². The highest BCUT2D eigenvalue weighted by atomic mass is 35.5. The van der Waals surface area contributed by atoms with Gasteiger partial charge >= 0.3 is 0 Å². The van der Waals surface area contributed by atoms with E-state index >= 15 is 0 Å². The van der Waals surface area contributed by atoms with Crippen LogP contribution in [0, 0.1) is 6.92 Å². The van der Waals surface area contributed by atoms with E-state index < -0.39 is 9.93 Å². The molecule has 13 heavy (non-hydrogen) atoms. The highest BCUT2D eigenvalue weighted by Crippen LogP contribution is 2.25. The Labute approximate surface area is 83.3 Å². The summed E-state index contributed by atoms with van der Waals surface area (Å²) in [4.78, 5) is 11.1. The first kappa shape index (κ1) is 10.4. The van der Waals surface area contributed by atoms with E-state index in [0.29, 0.717) is 15.5 Å². The second kappa shape index (κ2) is 3.60. The summed E-state index contributed by atoms with van der Waals surface area (Å²) in [6, 6.07) is 5.09. The van der Waals surface area contributed by atoms with Crippen LogP contribution in [-0.2, 0) is 14.7 Å². The Kier molecular flexibility index (Phi) is 2.88. The molecule has 0 atom stereocenters. The molecular weight excluding hydrogens is 208 g/mol. The Balaban J connectivity index is 3.39. The lowest BCUT2D eigenvalue weighted by molar-refractivity contribution is 0.566. The number of carbonyl (C=O) groups is 1. The number of halogens is 1. The van der Waals surface area contributed by atoms with Gasteiger partial charge in [0.15, 0.2) is 5.62 Å². The monoisotopic (exact) mass is 218 g/mol. The van der Waals surface area contributed by atoms with E-state index in [4.69, 9.17) is 11.6 Å². The van der Waals surface area contributed by atoms with Crippen molar-refractivity contribution >= 4 is 27.2 Å². The highest BCUT2D eigenvalue weighted by molar-refractivity contribution is 8.14. The molecular formula is C9H11ClO2S. The van der Waals surface area contributed by atoms with Crippen LogP contribution in [0.15, 0.2) is 23.1 Å². The number of carbonyl (C=O) groups excluding carboxylic acids is 1. The molecule has 0 aliphatic heterocycles. The Morgan fingerprint density at radius 2 is 2.08 bits per heavy atom. The van der Waals surface area contributed by atoms with Crippen molar-refractivity contribution in [3.8, 4) is 0 Å². The molecule has 0 spiro atoms. The molecule has 0 aliphatic carbocycles. The minimum absolute atomic E-state index is 0.506. The third-order valence-electron chi connectivity index (χ3n) is 1.92. The zero-order valence-electron chi connectivity index (χ0n) is 7.45. The van der Waals surface area contributed by atoms with Gasteiger partial charge in [0, 0.05) is 9.92 Å². The van der Waals surface area contributed by atoms with Crippen molar-refractivity contribution in [3.63, 3.8) is 0 Å². The first-order valence-electron chi connectivity index (χ1n) is 3.78. The lowest BCUT2D eigenvalue weighted by atomic mass is 10.2. The van der Waals surface area contributed by atoms with Crippen molar-refractivity contribution in [3.05, 3.63) is 28.8 Å². The van der Waals surface area contributed by atoms with Crippen molar-refractivity contribution < 1.29 is 9.00 Å². The first-order valence-corrected chi connectivity index (χ1v) is 6.38. The van der Waals surface area contributed by atoms with Gasteiger partial charge in [0.25, 0.3) is 0 Å². The van der Waals surface area contributed by atoms with Gasteiger partial charge in [-0.25, -0.2) is 0 Å². The van der Waals surface area contributed by atoms with Crippen molar-refractivity contribution in [2.45, 2.75) is 11.8 Å². The molecule has 2 nitrogen and oxygen atoms in total. The molecule has 4 heteroatoms. The van der Waals surface area contributed by atoms with Gasteiger partial charge in [0.1, 0.15) is 0 Å². The van der Waals surface area contributed by atoms with Crippen LogP contribution >= 0.6 is 11.6 Å². The number of hydrogen-bond acceptors (Lipinski definition) is 2. The van der Waals surface area contributed by atoms with Crippen molar-refractivity contribution in [1.29, 1.82) is 0 Å². The molecule has 1 rings (SSSR count). The normalized spacial score (nSPS) is 12.5. The van der Waals surface area contributed by atoms with Gasteiger partial charge < -0.3 is 0 Å². The summed E-state index contributed by atoms with van der Waals surface area (Å²) in [7, 11) is -2.86. The van der Waals surface area contributed by atoms with Crippen LogP contribution in [0.1, 0.15) is 5.56 Å². The molecule has 0 heterocycles. The molecule has 1 aromatic rings. The summed E-state index contributed by atoms with van der Waals surface area (Å²) in [5, 5.41) is 0.543. The molecule has 1 aromatic carbocycles. The van der Waals surface area contributed by atoms with Gasteiger partial charge in [-0.1, -0.05) is 17.7 Å². The summed E-state index contributed by atoms with van der Waals surface area (Å²) < 4.78 is 11.7. The summed E-state index contributed by atoms with van der Waals surface area (Å²) in [6.07, 6.45) is 1.44. The maximum Gasteiger partial charge on any atom is 0.186 e. The summed E-state index contributed by atoms with van der Waals surface area (Å²) >= 11 is 5.84. The van der Waals surface area contributed by atoms with Crippen molar-refractivity contribution in [2.75, 3.05) is 6.26 Å². The topological polar surface area (TPSA) is 34.1 Å². The van der Waals surface area contributed by atoms with E-state index in [0.717, 1.165) is 5.56 Å². The average molecular weight is 219 g/mol. The van der Waals surface area contributed by atoms with Crippen molar-refractivity contribution in [1.82, 2.24) is 0 Å². The standard InChI is InChI=1S/C9H11ClO2S/c1-7-8(10)4-3-5-9(7)13(2,12)6-11/h3-6,13H,1-2H3. The number of benzene rings is 1. The summed E-state index contributed by atoms with van der Waals surface area (Å²) in [5.41, 5.74) is 1.23. The third-order valence-corrected chi connectivity index (χ3v) is 4.17. The molecule has 0 unspecified atom stereocenters. The molecule has 0 aromatic heterocycles. The molecule has 72 valence electrons. The lowest BCUT2D eigenvalue weighted by Crippen LogP contribution is -2.12. The summed E-state index contributed by atoms with van der Waals surface area (Å²) in [5.74, 6) is 0. The lowest BCUT2D eigenvalue weighted by Gasteiger charge is -2.14. The highest BCUT2D eigenvalue weighted by Gasteiger charge is 2.14. The van der Waals surface area contributed by atoms with Crippen LogP contribution in [0.3, 0.4) is 0 Å². The predicted molar refractivity (Wildman–Crippen MR) is 56.7 cm³/mol. The Morgan fingerprint density at radius 3 is 2.62 bits per heavy atom. The van der Waals surface area contributed by atoms with Gasteiger partial charge in [0.05, 0.1) is 0 Å². The Morgan fingerprint density at radius 1 is 1.46 bits per heavy atom. The largest absolute Gasteiger partial charge is 0.290 e. The van der Waals surface area contributed by atoms with Gasteiger partial charge in [0.2, 0.25) is 0 Å². The minimum atomic E-state index is -2.86. The van der Waals surface area contributed by atoms with Gasteiger partial charge in [-0.2, -0.15) is 0 Å². The number of hydrogen-bond donors (Lipinski definition) is 1. The van der Waals surface area contributed by atoms with E-state index in [2.05, 4.69) is 0 Å². The third kappa shape index (κ3) is 1.98. The van der Waals surface area contributed by atoms with E-state index in [-0.39, 0.29) is 0 Å². The molecule has 0 radical (unpaired) electrons. The fraction of sp³-hybridized carbons (Fsp3) is 0.222. The second-order valence-electron chi connectivity index (χ2n) is 2.98. The molecule has 0 saturated heterocycles. The first-order chi connectivity index (χ1) is 5.99. The van der Waals surface area contributed by atoms with Crippen LogP contribution in [0.2, 0.25) is 5.02 Å². The summed E-state index contributed by atoms with van der Waals surface area (Å²) in [6.45, 7) is 1.76. The molecule has 0 bridgehead atoms. The Hall–Kier alpha value is -0.670. The van der Waals surface area contributed by atoms with Crippen LogP contribution in [0.4, 0.5) is 0 Å². The smallest absolute Gasteiger partial charge is 0.186 e. The van der Waals surface area contributed by atoms with E-state index in [1.807, 2.05) is 0 Å². The van der Waals surface area contributed by atoms with Crippen LogP contribution in [0.25, 0.3) is 0 Å². The maximum absolute atomic E-state index is 11.7. The van der Waals surface area contributed by atoms with Gasteiger partial charge in [-0.15, -0.1) is 0 Å². The van der Waals surface area contributed by atoms with E-state index in [9.17, 15) is 9.00 Å². The average Bonchev–Trinajstić information content (AvgIpc) is 2.09. The van der Waals surface area contributed by atoms with Crippen LogP contribution in [0.5, 0.6) is 0 Å². The number of thiol groups is 1. The van der Waals surface area contributed by atoms with E-state index in [1.165, 1.54) is 6.26 Å². The maximum atomic E-state index is 11.7. The zero-order chi connectivity index (χ0) is 10.1. The SMILES string of the molecule is Cc1c(Cl)cccc1[SH](C)(=O)C=O. The molecule has 0 N–H and O–H groups in total. The second-order valence-corrected chi connectivity index (χ2v) is 6.06. The van der Waals surface area contributed by atoms with E-state index in [1.54, 1.807) is 25.1 Å². The number of rotatable bonds is 2. The predicted octanol–water partition coefficient (Wildman–Crippen LogP) is 1.84. The molecule has 0 fully saturated rings. The molecule has 0 amide bonds. The molecule has 0 saturated carbocycles.